The molecule has 0 radical (unpaired) electrons. The smallest absolute Gasteiger partial charge is 0.242 e. The van der Waals surface area contributed by atoms with Crippen LogP contribution in [0.1, 0.15) is 55.2 Å². The van der Waals surface area contributed by atoms with Crippen LogP contribution in [-0.2, 0) is 20.7 Å². The quantitative estimate of drug-likeness (QED) is 0.521. The highest BCUT2D eigenvalue weighted by molar-refractivity contribution is 7.10. The molecule has 1 aromatic carbocycles. The standard InChI is InChI=1S/C27H36N2O4S/c1-19(2)15-26(30)28(16-21-8-6-13-32-21)17-27(31)29-12-10-25-22(11-14-34-25)23(29)18-33-24-9-5-4-7-20(24)3/h4-5,7,9,11,14,19,21,23H,6,8,10,12-13,15-18H2,1-3H3/t21-,23+/m0/s1. The number of hydrogen-bond acceptors (Lipinski definition) is 5. The van der Waals surface area contributed by atoms with Crippen molar-refractivity contribution in [2.75, 3.05) is 32.8 Å². The molecule has 2 aliphatic heterocycles. The van der Waals surface area contributed by atoms with E-state index in [1.807, 2.05) is 49.9 Å². The van der Waals surface area contributed by atoms with Gasteiger partial charge in [-0.2, -0.15) is 0 Å². The lowest BCUT2D eigenvalue weighted by Crippen LogP contribution is -2.49. The van der Waals surface area contributed by atoms with E-state index in [0.29, 0.717) is 26.1 Å². The van der Waals surface area contributed by atoms with Gasteiger partial charge in [-0.05, 0) is 60.7 Å². The largest absolute Gasteiger partial charge is 0.491 e. The van der Waals surface area contributed by atoms with Crippen molar-refractivity contribution in [3.63, 3.8) is 0 Å². The molecule has 0 bridgehead atoms. The summed E-state index contributed by atoms with van der Waals surface area (Å²) in [6, 6.07) is 9.90. The molecule has 34 heavy (non-hydrogen) atoms. The molecule has 2 aliphatic rings. The summed E-state index contributed by atoms with van der Waals surface area (Å²) in [7, 11) is 0. The van der Waals surface area contributed by atoms with Crippen molar-refractivity contribution < 1.29 is 19.1 Å². The van der Waals surface area contributed by atoms with Gasteiger partial charge in [0.05, 0.1) is 18.7 Å². The van der Waals surface area contributed by atoms with E-state index in [9.17, 15) is 9.59 Å². The van der Waals surface area contributed by atoms with Crippen molar-refractivity contribution in [2.45, 2.75) is 58.6 Å². The number of hydrogen-bond donors (Lipinski definition) is 0. The van der Waals surface area contributed by atoms with Gasteiger partial charge in [0.15, 0.2) is 0 Å². The molecule has 6 nitrogen and oxygen atoms in total. The summed E-state index contributed by atoms with van der Waals surface area (Å²) in [6.07, 6.45) is 3.25. The van der Waals surface area contributed by atoms with Crippen LogP contribution in [0, 0.1) is 12.8 Å². The van der Waals surface area contributed by atoms with Gasteiger partial charge in [0.25, 0.3) is 0 Å². The fraction of sp³-hybridized carbons (Fsp3) is 0.556. The van der Waals surface area contributed by atoms with Crippen LogP contribution in [0.3, 0.4) is 0 Å². The summed E-state index contributed by atoms with van der Waals surface area (Å²) in [5.74, 6) is 1.09. The van der Waals surface area contributed by atoms with E-state index in [-0.39, 0.29) is 36.4 Å². The Morgan fingerprint density at radius 2 is 2.09 bits per heavy atom. The molecule has 1 fully saturated rings. The topological polar surface area (TPSA) is 59.1 Å². The summed E-state index contributed by atoms with van der Waals surface area (Å²) >= 11 is 1.74. The number of aryl methyl sites for hydroxylation is 1. The number of benzene rings is 1. The van der Waals surface area contributed by atoms with Crippen LogP contribution < -0.4 is 4.74 Å². The van der Waals surface area contributed by atoms with Crippen LogP contribution in [0.25, 0.3) is 0 Å². The predicted molar refractivity (Wildman–Crippen MR) is 134 cm³/mol. The molecule has 2 atom stereocenters. The zero-order valence-corrected chi connectivity index (χ0v) is 21.3. The number of ether oxygens (including phenoxy) is 2. The highest BCUT2D eigenvalue weighted by Gasteiger charge is 2.34. The average Bonchev–Trinajstić information content (AvgIpc) is 3.49. The molecule has 0 unspecified atom stereocenters. The number of amides is 2. The third kappa shape index (κ3) is 5.99. The van der Waals surface area contributed by atoms with E-state index in [0.717, 1.165) is 42.7 Å². The van der Waals surface area contributed by atoms with Gasteiger partial charge in [-0.15, -0.1) is 11.3 Å². The lowest BCUT2D eigenvalue weighted by atomic mass is 10.00. The summed E-state index contributed by atoms with van der Waals surface area (Å²) < 4.78 is 12.0. The molecule has 0 N–H and O–H groups in total. The highest BCUT2D eigenvalue weighted by Crippen LogP contribution is 2.34. The summed E-state index contributed by atoms with van der Waals surface area (Å²) in [4.78, 5) is 31.6. The maximum atomic E-state index is 13.6. The van der Waals surface area contributed by atoms with Crippen molar-refractivity contribution in [1.29, 1.82) is 0 Å². The van der Waals surface area contributed by atoms with Gasteiger partial charge in [0, 0.05) is 31.0 Å². The third-order valence-electron chi connectivity index (χ3n) is 6.62. The molecular weight excluding hydrogens is 448 g/mol. The van der Waals surface area contributed by atoms with Gasteiger partial charge in [0.1, 0.15) is 12.4 Å². The van der Waals surface area contributed by atoms with Gasteiger partial charge in [-0.25, -0.2) is 0 Å². The van der Waals surface area contributed by atoms with Crippen LogP contribution in [0.15, 0.2) is 35.7 Å². The molecule has 7 heteroatoms. The van der Waals surface area contributed by atoms with Crippen LogP contribution in [-0.4, -0.2) is 60.6 Å². The minimum absolute atomic E-state index is 0.0222. The fourth-order valence-corrected chi connectivity index (χ4v) is 5.71. The third-order valence-corrected chi connectivity index (χ3v) is 7.61. The first-order valence-corrected chi connectivity index (χ1v) is 13.2. The van der Waals surface area contributed by atoms with E-state index >= 15 is 0 Å². The maximum Gasteiger partial charge on any atom is 0.242 e. The van der Waals surface area contributed by atoms with Gasteiger partial charge >= 0.3 is 0 Å². The number of carbonyl (C=O) groups is 2. The molecule has 184 valence electrons. The average molecular weight is 485 g/mol. The Balaban J connectivity index is 1.50. The molecule has 0 spiro atoms. The minimum atomic E-state index is -0.160. The fourth-order valence-electron chi connectivity index (χ4n) is 4.78. The maximum absolute atomic E-state index is 13.6. The van der Waals surface area contributed by atoms with Gasteiger partial charge in [0.2, 0.25) is 11.8 Å². The van der Waals surface area contributed by atoms with Crippen LogP contribution in [0.4, 0.5) is 0 Å². The first-order chi connectivity index (χ1) is 16.4. The molecule has 0 aliphatic carbocycles. The zero-order chi connectivity index (χ0) is 24.1. The molecule has 0 saturated carbocycles. The van der Waals surface area contributed by atoms with Gasteiger partial charge in [-0.1, -0.05) is 32.0 Å². The first-order valence-electron chi connectivity index (χ1n) is 12.4. The van der Waals surface area contributed by atoms with Crippen LogP contribution >= 0.6 is 11.3 Å². The van der Waals surface area contributed by atoms with Gasteiger partial charge in [-0.3, -0.25) is 9.59 Å². The van der Waals surface area contributed by atoms with Crippen molar-refractivity contribution in [1.82, 2.24) is 9.80 Å². The summed E-state index contributed by atoms with van der Waals surface area (Å²) in [6.45, 7) is 8.43. The van der Waals surface area contributed by atoms with E-state index in [4.69, 9.17) is 9.47 Å². The number of para-hydroxylation sites is 1. The Kier molecular flexibility index (Phi) is 8.27. The second-order valence-electron chi connectivity index (χ2n) is 9.74. The number of fused-ring (bicyclic) bond motifs is 1. The Morgan fingerprint density at radius 3 is 2.82 bits per heavy atom. The highest BCUT2D eigenvalue weighted by atomic mass is 32.1. The first kappa shape index (κ1) is 24.7. The lowest BCUT2D eigenvalue weighted by Gasteiger charge is -2.37. The summed E-state index contributed by atoms with van der Waals surface area (Å²) in [5, 5.41) is 2.09. The van der Waals surface area contributed by atoms with Crippen molar-refractivity contribution in [3.05, 3.63) is 51.7 Å². The second kappa shape index (κ2) is 11.4. The predicted octanol–water partition coefficient (Wildman–Crippen LogP) is 4.62. The second-order valence-corrected chi connectivity index (χ2v) is 10.7. The minimum Gasteiger partial charge on any atom is -0.491 e. The van der Waals surface area contributed by atoms with Crippen LogP contribution in [0.5, 0.6) is 5.75 Å². The van der Waals surface area contributed by atoms with Crippen LogP contribution in [0.2, 0.25) is 0 Å². The van der Waals surface area contributed by atoms with Gasteiger partial charge < -0.3 is 19.3 Å². The normalized spacial score (nSPS) is 19.8. The number of rotatable bonds is 9. The Morgan fingerprint density at radius 1 is 1.26 bits per heavy atom. The molecule has 3 heterocycles. The lowest BCUT2D eigenvalue weighted by molar-refractivity contribution is -0.144. The van der Waals surface area contributed by atoms with E-state index < -0.39 is 0 Å². The monoisotopic (exact) mass is 484 g/mol. The number of thiophene rings is 1. The van der Waals surface area contributed by atoms with E-state index in [1.165, 1.54) is 4.88 Å². The number of carbonyl (C=O) groups excluding carboxylic acids is 2. The molecule has 2 aromatic rings. The van der Waals surface area contributed by atoms with E-state index in [2.05, 4.69) is 11.4 Å². The Labute approximate surface area is 206 Å². The van der Waals surface area contributed by atoms with Crippen molar-refractivity contribution in [3.8, 4) is 5.75 Å². The SMILES string of the molecule is Cc1ccccc1OC[C@@H]1c2ccsc2CCN1C(=O)CN(C[C@@H]1CCCO1)C(=O)CC(C)C. The molecule has 4 rings (SSSR count). The molecule has 2 amide bonds. The summed E-state index contributed by atoms with van der Waals surface area (Å²) in [5.41, 5.74) is 2.24. The van der Waals surface area contributed by atoms with Crippen molar-refractivity contribution in [2.24, 2.45) is 5.92 Å². The van der Waals surface area contributed by atoms with E-state index in [1.54, 1.807) is 16.2 Å². The Bertz CT molecular complexity index is 983. The van der Waals surface area contributed by atoms with Crippen molar-refractivity contribution >= 4 is 23.2 Å². The molecule has 1 aromatic heterocycles. The molecule has 1 saturated heterocycles. The number of nitrogens with zero attached hydrogens (tertiary/aromatic N) is 2. The molecular formula is C27H36N2O4S. The Hall–Kier alpha value is -2.38. The zero-order valence-electron chi connectivity index (χ0n) is 20.5.